The number of aliphatic carboxylic acids is 1. The van der Waals surface area contributed by atoms with Crippen LogP contribution in [0, 0.1) is 23.7 Å². The Kier molecular flexibility index (Phi) is 33.3. The lowest BCUT2D eigenvalue weighted by Crippen LogP contribution is -2.55. The van der Waals surface area contributed by atoms with Crippen LogP contribution in [0.5, 0.6) is 0 Å². The van der Waals surface area contributed by atoms with Crippen LogP contribution in [0.4, 0.5) is 0 Å². The molecule has 2 aliphatic heterocycles. The predicted octanol–water partition coefficient (Wildman–Crippen LogP) is 6.00. The Balaban J connectivity index is 1.15. The van der Waals surface area contributed by atoms with Gasteiger partial charge in [-0.05, 0) is 62.7 Å². The molecule has 0 spiro atoms. The smallest absolute Gasteiger partial charge is 0.326 e. The van der Waals surface area contributed by atoms with Gasteiger partial charge in [-0.25, -0.2) is 14.8 Å². The van der Waals surface area contributed by atoms with Crippen LogP contribution in [0.1, 0.15) is 122 Å². The Labute approximate surface area is 508 Å². The van der Waals surface area contributed by atoms with Gasteiger partial charge < -0.3 is 63.0 Å². The third-order valence-electron chi connectivity index (χ3n) is 16.4. The van der Waals surface area contributed by atoms with E-state index in [4.69, 9.17) is 37.9 Å². The van der Waals surface area contributed by atoms with E-state index in [-0.39, 0.29) is 80.0 Å². The zero-order valence-electron chi connectivity index (χ0n) is 52.1. The average Bonchev–Trinajstić information content (AvgIpc) is 2.86. The van der Waals surface area contributed by atoms with Gasteiger partial charge in [0.05, 0.1) is 127 Å². The number of hydrogen-bond acceptors (Lipinski definition) is 18. The second kappa shape index (κ2) is 39.0. The van der Waals surface area contributed by atoms with Gasteiger partial charge in [0.1, 0.15) is 6.04 Å². The molecule has 0 saturated carbocycles. The summed E-state index contributed by atoms with van der Waals surface area (Å²) < 4.78 is 45.6. The number of aromatic nitrogens is 2. The van der Waals surface area contributed by atoms with Crippen molar-refractivity contribution >= 4 is 52.9 Å². The molecule has 9 atom stereocenters. The van der Waals surface area contributed by atoms with E-state index in [0.29, 0.717) is 135 Å². The summed E-state index contributed by atoms with van der Waals surface area (Å²) in [5.41, 5.74) is 0.180. The number of carbonyl (C=O) groups excluding carboxylic acids is 6. The summed E-state index contributed by atoms with van der Waals surface area (Å²) in [4.78, 5) is 109. The van der Waals surface area contributed by atoms with Gasteiger partial charge in [0.15, 0.2) is 16.7 Å². The molecule has 22 nitrogen and oxygen atoms in total. The number of ketones is 2. The van der Waals surface area contributed by atoms with Crippen LogP contribution >= 0.6 is 11.8 Å². The van der Waals surface area contributed by atoms with Gasteiger partial charge in [0, 0.05) is 78.5 Å². The average molecular weight is 1220 g/mol. The Morgan fingerprint density at radius 3 is 1.87 bits per heavy atom. The highest BCUT2D eigenvalue weighted by molar-refractivity contribution is 7.98. The van der Waals surface area contributed by atoms with Crippen molar-refractivity contribution in [3.63, 3.8) is 0 Å². The number of likely N-dealkylation sites (N-methyl/N-ethyl adjacent to an activating group) is 1. The van der Waals surface area contributed by atoms with Crippen LogP contribution in [0.2, 0.25) is 0 Å². The zero-order chi connectivity index (χ0) is 62.3. The molecule has 0 bridgehead atoms. The van der Waals surface area contributed by atoms with Crippen LogP contribution in [-0.4, -0.2) is 227 Å². The monoisotopic (exact) mass is 1210 g/mol. The molecular formula is C62H98N6O16S. The van der Waals surface area contributed by atoms with Gasteiger partial charge in [0.25, 0.3) is 0 Å². The molecule has 2 aromatic rings. The highest BCUT2D eigenvalue weighted by Crippen LogP contribution is 2.35. The molecule has 2 fully saturated rings. The highest BCUT2D eigenvalue weighted by atomic mass is 32.2. The first-order chi connectivity index (χ1) is 40.8. The first-order valence-corrected chi connectivity index (χ1v) is 31.4. The van der Waals surface area contributed by atoms with Crippen molar-refractivity contribution in [1.82, 2.24) is 30.0 Å². The van der Waals surface area contributed by atoms with Crippen molar-refractivity contribution in [1.29, 1.82) is 0 Å². The first kappa shape index (κ1) is 72.5. The fourth-order valence-electron chi connectivity index (χ4n) is 11.1. The van der Waals surface area contributed by atoms with Crippen molar-refractivity contribution in [2.45, 2.75) is 153 Å². The molecule has 4 rings (SSSR count). The molecule has 2 aliphatic rings. The molecule has 23 heteroatoms. The Hall–Kier alpha value is -4.98. The largest absolute Gasteiger partial charge is 0.480 e. The first-order valence-electron chi connectivity index (χ1n) is 30.2. The standard InChI is InChI=1S/C62H98N6O16S/c1-11-44(4)56(52(77-8)40-55(72)67-24-15-20-50(67)57(78-9)45(5)58(73)65-49(60(75)76)38-46-18-13-12-14-19-46)66(7)59(74)48(43(2)3)39-53(70)62(6)23-17-25-68(62)54(71)22-27-80-29-31-82-33-35-84-37-36-83-34-32-81-30-28-79-26-16-21-51(69)47-41-63-61(85-10)64-42-47/h12-14,18-19,41-45,48-50,52,56-57H,11,15-17,20-40H2,1-10H3,(H,65,73)(H,75,76)/t44-,45+,48-,49-,50-,52+,56-,57+,62-/m0/s1. The molecule has 85 heavy (non-hydrogen) atoms. The number of carboxylic acids is 1. The van der Waals surface area contributed by atoms with Crippen LogP contribution in [0.3, 0.4) is 0 Å². The fraction of sp³-hybridized carbons (Fsp3) is 0.726. The molecule has 1 aromatic heterocycles. The summed E-state index contributed by atoms with van der Waals surface area (Å²) in [6, 6.07) is 6.89. The molecule has 478 valence electrons. The summed E-state index contributed by atoms with van der Waals surface area (Å²) in [6.45, 7) is 16.6. The van der Waals surface area contributed by atoms with Crippen molar-refractivity contribution in [2.24, 2.45) is 23.7 Å². The maximum Gasteiger partial charge on any atom is 0.326 e. The fourth-order valence-corrected chi connectivity index (χ4v) is 11.5. The number of likely N-dealkylation sites (tertiary alicyclic amines) is 2. The number of thioether (sulfide) groups is 1. The summed E-state index contributed by atoms with van der Waals surface area (Å²) in [7, 11) is 4.72. The topological polar surface area (TPSA) is 261 Å². The molecule has 2 N–H and O–H groups in total. The van der Waals surface area contributed by atoms with Crippen molar-refractivity contribution in [3.05, 3.63) is 53.9 Å². The second-order valence-corrected chi connectivity index (χ2v) is 23.3. The van der Waals surface area contributed by atoms with Crippen LogP contribution in [0.15, 0.2) is 47.9 Å². The van der Waals surface area contributed by atoms with Crippen molar-refractivity contribution in [3.8, 4) is 0 Å². The molecule has 0 radical (unpaired) electrons. The number of methoxy groups -OCH3 is 2. The predicted molar refractivity (Wildman–Crippen MR) is 320 cm³/mol. The van der Waals surface area contributed by atoms with Crippen molar-refractivity contribution < 1.29 is 76.6 Å². The lowest BCUT2D eigenvalue weighted by atomic mass is 9.81. The van der Waals surface area contributed by atoms with E-state index in [1.165, 1.54) is 26.0 Å². The highest BCUT2D eigenvalue weighted by Gasteiger charge is 2.48. The zero-order valence-corrected chi connectivity index (χ0v) is 52.9. The minimum absolute atomic E-state index is 0.00733. The quantitative estimate of drug-likeness (QED) is 0.0334. The molecule has 0 aliphatic carbocycles. The molecule has 0 unspecified atom stereocenters. The van der Waals surface area contributed by atoms with E-state index < -0.39 is 59.6 Å². The van der Waals surface area contributed by atoms with E-state index in [1.807, 2.05) is 52.1 Å². The summed E-state index contributed by atoms with van der Waals surface area (Å²) in [5, 5.41) is 13.3. The third kappa shape index (κ3) is 23.2. The number of nitrogens with zero attached hydrogens (tertiary/aromatic N) is 5. The van der Waals surface area contributed by atoms with E-state index >= 15 is 0 Å². The number of Topliss-reactive ketones (excluding diaryl/α,β-unsaturated/α-hetero) is 2. The molecule has 4 amide bonds. The molecule has 1 aromatic carbocycles. The minimum Gasteiger partial charge on any atom is -0.480 e. The van der Waals surface area contributed by atoms with Crippen LogP contribution in [0.25, 0.3) is 0 Å². The second-order valence-electron chi connectivity index (χ2n) is 22.5. The lowest BCUT2D eigenvalue weighted by Gasteiger charge is -2.41. The van der Waals surface area contributed by atoms with Crippen molar-refractivity contribution in [2.75, 3.05) is 120 Å². The Morgan fingerprint density at radius 2 is 1.34 bits per heavy atom. The Morgan fingerprint density at radius 1 is 0.765 bits per heavy atom. The number of nitrogens with one attached hydrogen (secondary N) is 1. The number of hydrogen-bond donors (Lipinski definition) is 2. The van der Waals surface area contributed by atoms with Gasteiger partial charge in [-0.1, -0.05) is 83.1 Å². The number of rotatable bonds is 44. The summed E-state index contributed by atoms with van der Waals surface area (Å²) >= 11 is 1.42. The molecular weight excluding hydrogens is 1120 g/mol. The van der Waals surface area contributed by atoms with Gasteiger partial charge in [-0.2, -0.15) is 0 Å². The normalized spacial score (nSPS) is 18.6. The number of ether oxygens (including phenoxy) is 8. The van der Waals surface area contributed by atoms with Gasteiger partial charge in [-0.3, -0.25) is 28.8 Å². The van der Waals surface area contributed by atoms with Crippen LogP contribution < -0.4 is 5.32 Å². The number of carbonyl (C=O) groups is 7. The summed E-state index contributed by atoms with van der Waals surface area (Å²) in [5.74, 6) is -4.34. The summed E-state index contributed by atoms with van der Waals surface area (Å²) in [6.07, 6.45) is 7.62. The SMILES string of the molecule is CC[C@H](C)[C@@H]([C@@H](CC(=O)N1CCC[C@H]1[C@H](OC)[C@@H](C)C(=O)N[C@@H](Cc1ccccc1)C(=O)O)OC)N(C)C(=O)[C@@H](CC(=O)[C@]1(C)CCCN1C(=O)CCOCCOCCOCCOCCOCCOCCCC(=O)c1cnc(SC)nc1)C(C)C. The Bertz CT molecular complexity index is 2340. The van der Waals surface area contributed by atoms with E-state index in [1.54, 1.807) is 60.1 Å². The molecule has 3 heterocycles. The van der Waals surface area contributed by atoms with Gasteiger partial charge in [-0.15, -0.1) is 0 Å². The minimum atomic E-state index is -1.16. The maximum atomic E-state index is 14.8. The lowest BCUT2D eigenvalue weighted by molar-refractivity contribution is -0.151. The van der Waals surface area contributed by atoms with Gasteiger partial charge in [0.2, 0.25) is 23.6 Å². The third-order valence-corrected chi connectivity index (χ3v) is 16.9. The van der Waals surface area contributed by atoms with E-state index in [2.05, 4.69) is 15.3 Å². The maximum absolute atomic E-state index is 14.8. The number of benzene rings is 1. The number of amides is 4. The molecule has 2 saturated heterocycles. The van der Waals surface area contributed by atoms with Gasteiger partial charge >= 0.3 is 5.97 Å². The van der Waals surface area contributed by atoms with E-state index in [9.17, 15) is 38.7 Å². The van der Waals surface area contributed by atoms with Crippen LogP contribution in [-0.2, 0) is 73.1 Å². The van der Waals surface area contributed by atoms with E-state index in [0.717, 1.165) is 5.56 Å². The number of carboxylic acid groups (broad SMARTS) is 1.